The number of aryl methyl sites for hydroxylation is 2. The summed E-state index contributed by atoms with van der Waals surface area (Å²) in [4.78, 5) is 11.9. The highest BCUT2D eigenvalue weighted by molar-refractivity contribution is 7.99. The SMILES string of the molecule is Cc1cccc(CSCC(=O)Nc2cc(C)ccc2O)c1. The number of thioether (sulfide) groups is 1. The number of carbonyl (C=O) groups excluding carboxylic acids is 1. The monoisotopic (exact) mass is 301 g/mol. The second-order valence-electron chi connectivity index (χ2n) is 5.05. The van der Waals surface area contributed by atoms with Crippen molar-refractivity contribution in [1.29, 1.82) is 0 Å². The van der Waals surface area contributed by atoms with Crippen LogP contribution in [0.5, 0.6) is 5.75 Å². The Bertz CT molecular complexity index is 640. The Balaban J connectivity index is 1.84. The maximum Gasteiger partial charge on any atom is 0.234 e. The van der Waals surface area contributed by atoms with Crippen LogP contribution in [-0.4, -0.2) is 16.8 Å². The number of rotatable bonds is 5. The van der Waals surface area contributed by atoms with E-state index in [1.165, 1.54) is 11.1 Å². The van der Waals surface area contributed by atoms with Gasteiger partial charge in [-0.2, -0.15) is 0 Å². The van der Waals surface area contributed by atoms with Gasteiger partial charge in [-0.1, -0.05) is 35.9 Å². The van der Waals surface area contributed by atoms with Crippen LogP contribution in [0.4, 0.5) is 5.69 Å². The van der Waals surface area contributed by atoms with Gasteiger partial charge in [0.1, 0.15) is 5.75 Å². The third-order valence-corrected chi connectivity index (χ3v) is 4.01. The highest BCUT2D eigenvalue weighted by Gasteiger charge is 2.07. The average molecular weight is 301 g/mol. The van der Waals surface area contributed by atoms with Crippen molar-refractivity contribution in [2.24, 2.45) is 0 Å². The standard InChI is InChI=1S/C17H19NO2S/c1-12-4-3-5-14(8-12)10-21-11-17(20)18-15-9-13(2)6-7-16(15)19/h3-9,19H,10-11H2,1-2H3,(H,18,20). The number of phenols is 1. The lowest BCUT2D eigenvalue weighted by Crippen LogP contribution is -2.14. The van der Waals surface area contributed by atoms with Crippen molar-refractivity contribution in [3.63, 3.8) is 0 Å². The third kappa shape index (κ3) is 4.83. The van der Waals surface area contributed by atoms with E-state index in [0.717, 1.165) is 11.3 Å². The predicted octanol–water partition coefficient (Wildman–Crippen LogP) is 3.88. The lowest BCUT2D eigenvalue weighted by molar-refractivity contribution is -0.113. The van der Waals surface area contributed by atoms with E-state index in [1.807, 2.05) is 13.0 Å². The molecule has 0 unspecified atom stereocenters. The van der Waals surface area contributed by atoms with Crippen LogP contribution in [0.2, 0.25) is 0 Å². The smallest absolute Gasteiger partial charge is 0.234 e. The molecule has 0 fully saturated rings. The Morgan fingerprint density at radius 1 is 1.14 bits per heavy atom. The van der Waals surface area contributed by atoms with Gasteiger partial charge in [0, 0.05) is 5.75 Å². The van der Waals surface area contributed by atoms with Gasteiger partial charge in [0.25, 0.3) is 0 Å². The van der Waals surface area contributed by atoms with E-state index in [-0.39, 0.29) is 11.7 Å². The first-order chi connectivity index (χ1) is 10.0. The van der Waals surface area contributed by atoms with Crippen molar-refractivity contribution in [2.45, 2.75) is 19.6 Å². The van der Waals surface area contributed by atoms with Crippen LogP contribution in [0.3, 0.4) is 0 Å². The second kappa shape index (κ2) is 7.18. The van der Waals surface area contributed by atoms with Crippen LogP contribution in [0.25, 0.3) is 0 Å². The Labute approximate surface area is 129 Å². The molecule has 2 N–H and O–H groups in total. The van der Waals surface area contributed by atoms with Gasteiger partial charge in [-0.3, -0.25) is 4.79 Å². The topological polar surface area (TPSA) is 49.3 Å². The minimum absolute atomic E-state index is 0.0950. The molecule has 0 saturated carbocycles. The second-order valence-corrected chi connectivity index (χ2v) is 6.04. The number of aromatic hydroxyl groups is 1. The normalized spacial score (nSPS) is 10.4. The number of hydrogen-bond donors (Lipinski definition) is 2. The van der Waals surface area contributed by atoms with Gasteiger partial charge in [-0.05, 0) is 37.1 Å². The highest BCUT2D eigenvalue weighted by atomic mass is 32.2. The van der Waals surface area contributed by atoms with Crippen LogP contribution in [0.1, 0.15) is 16.7 Å². The van der Waals surface area contributed by atoms with E-state index < -0.39 is 0 Å². The van der Waals surface area contributed by atoms with Crippen LogP contribution < -0.4 is 5.32 Å². The summed E-state index contributed by atoms with van der Waals surface area (Å²) in [6, 6.07) is 13.4. The molecule has 0 heterocycles. The quantitative estimate of drug-likeness (QED) is 0.824. The van der Waals surface area contributed by atoms with E-state index in [4.69, 9.17) is 0 Å². The molecule has 2 rings (SSSR count). The molecule has 0 spiro atoms. The third-order valence-electron chi connectivity index (χ3n) is 3.01. The zero-order valence-corrected chi connectivity index (χ0v) is 13.0. The van der Waals surface area contributed by atoms with E-state index in [2.05, 4.69) is 30.4 Å². The molecule has 0 aromatic heterocycles. The van der Waals surface area contributed by atoms with Crippen LogP contribution in [0, 0.1) is 13.8 Å². The van der Waals surface area contributed by atoms with Crippen LogP contribution in [-0.2, 0) is 10.5 Å². The van der Waals surface area contributed by atoms with Gasteiger partial charge in [0.15, 0.2) is 0 Å². The van der Waals surface area contributed by atoms with E-state index >= 15 is 0 Å². The number of phenolic OH excluding ortho intramolecular Hbond substituents is 1. The Kier molecular flexibility index (Phi) is 5.28. The van der Waals surface area contributed by atoms with Crippen molar-refractivity contribution in [2.75, 3.05) is 11.1 Å². The molecule has 3 nitrogen and oxygen atoms in total. The fraction of sp³-hybridized carbons (Fsp3) is 0.235. The van der Waals surface area contributed by atoms with E-state index in [1.54, 1.807) is 30.0 Å². The minimum Gasteiger partial charge on any atom is -0.506 e. The average Bonchev–Trinajstić information content (AvgIpc) is 2.43. The number of amides is 1. The molecule has 4 heteroatoms. The van der Waals surface area contributed by atoms with Gasteiger partial charge in [0.05, 0.1) is 11.4 Å². The molecular weight excluding hydrogens is 282 g/mol. The zero-order chi connectivity index (χ0) is 15.2. The summed E-state index contributed by atoms with van der Waals surface area (Å²) in [5.74, 6) is 1.15. The van der Waals surface area contributed by atoms with Crippen molar-refractivity contribution in [3.8, 4) is 5.75 Å². The van der Waals surface area contributed by atoms with Gasteiger partial charge >= 0.3 is 0 Å². The molecule has 0 aliphatic rings. The van der Waals surface area contributed by atoms with Crippen LogP contribution >= 0.6 is 11.8 Å². The van der Waals surface area contributed by atoms with Crippen LogP contribution in [0.15, 0.2) is 42.5 Å². The summed E-state index contributed by atoms with van der Waals surface area (Å²) in [5, 5.41) is 12.4. The Morgan fingerprint density at radius 3 is 2.67 bits per heavy atom. The maximum atomic E-state index is 11.9. The van der Waals surface area contributed by atoms with Gasteiger partial charge in [-0.25, -0.2) is 0 Å². The molecule has 2 aromatic rings. The summed E-state index contributed by atoms with van der Waals surface area (Å²) in [6.45, 7) is 3.98. The van der Waals surface area contributed by atoms with Gasteiger partial charge < -0.3 is 10.4 Å². The predicted molar refractivity (Wildman–Crippen MR) is 88.8 cm³/mol. The van der Waals surface area contributed by atoms with E-state index in [0.29, 0.717) is 11.4 Å². The molecular formula is C17H19NO2S. The summed E-state index contributed by atoms with van der Waals surface area (Å²) in [7, 11) is 0. The van der Waals surface area contributed by atoms with Crippen molar-refractivity contribution in [3.05, 3.63) is 59.2 Å². The molecule has 0 radical (unpaired) electrons. The zero-order valence-electron chi connectivity index (χ0n) is 12.2. The summed E-state index contributed by atoms with van der Waals surface area (Å²) < 4.78 is 0. The van der Waals surface area contributed by atoms with E-state index in [9.17, 15) is 9.90 Å². The molecule has 1 amide bonds. The summed E-state index contributed by atoms with van der Waals surface area (Å²) in [6.07, 6.45) is 0. The molecule has 2 aromatic carbocycles. The molecule has 0 atom stereocenters. The van der Waals surface area contributed by atoms with Crippen molar-refractivity contribution >= 4 is 23.4 Å². The highest BCUT2D eigenvalue weighted by Crippen LogP contribution is 2.24. The molecule has 0 bridgehead atoms. The van der Waals surface area contributed by atoms with Gasteiger partial charge in [-0.15, -0.1) is 11.8 Å². The fourth-order valence-corrected chi connectivity index (χ4v) is 2.77. The molecule has 0 aliphatic carbocycles. The lowest BCUT2D eigenvalue weighted by Gasteiger charge is -2.08. The largest absolute Gasteiger partial charge is 0.506 e. The lowest BCUT2D eigenvalue weighted by atomic mass is 10.2. The molecule has 110 valence electrons. The number of anilines is 1. The van der Waals surface area contributed by atoms with Crippen molar-refractivity contribution in [1.82, 2.24) is 0 Å². The van der Waals surface area contributed by atoms with Crippen molar-refractivity contribution < 1.29 is 9.90 Å². The first kappa shape index (κ1) is 15.4. The number of nitrogens with one attached hydrogen (secondary N) is 1. The number of carbonyl (C=O) groups is 1. The molecule has 0 saturated heterocycles. The number of hydrogen-bond acceptors (Lipinski definition) is 3. The molecule has 21 heavy (non-hydrogen) atoms. The summed E-state index contributed by atoms with van der Waals surface area (Å²) in [5.41, 5.74) is 3.90. The Morgan fingerprint density at radius 2 is 1.90 bits per heavy atom. The molecule has 0 aliphatic heterocycles. The first-order valence-corrected chi connectivity index (χ1v) is 7.93. The van der Waals surface area contributed by atoms with Gasteiger partial charge in [0.2, 0.25) is 5.91 Å². The Hall–Kier alpha value is -1.94. The first-order valence-electron chi connectivity index (χ1n) is 6.77. The fourth-order valence-electron chi connectivity index (χ4n) is 2.00. The summed E-state index contributed by atoms with van der Waals surface area (Å²) >= 11 is 1.56. The minimum atomic E-state index is -0.103. The maximum absolute atomic E-state index is 11.9. The number of benzene rings is 2.